The van der Waals surface area contributed by atoms with Gasteiger partial charge in [0.25, 0.3) is 5.91 Å². The smallest absolute Gasteiger partial charge is 0.260 e. The van der Waals surface area contributed by atoms with Crippen LogP contribution in [0.3, 0.4) is 0 Å². The molecule has 0 bridgehead atoms. The average molecular weight is 395 g/mol. The first-order chi connectivity index (χ1) is 13.9. The highest BCUT2D eigenvalue weighted by molar-refractivity contribution is 5.81. The van der Waals surface area contributed by atoms with Crippen LogP contribution in [0.15, 0.2) is 48.5 Å². The van der Waals surface area contributed by atoms with Crippen molar-refractivity contribution in [2.75, 3.05) is 13.1 Å². The number of benzene rings is 2. The molecule has 1 N–H and O–H groups in total. The third-order valence-corrected chi connectivity index (χ3v) is 5.27. The Morgan fingerprint density at radius 2 is 1.86 bits per heavy atom. The Kier molecular flexibility index (Phi) is 6.57. The molecular formula is C24H30N2O3. The summed E-state index contributed by atoms with van der Waals surface area (Å²) in [5, 5.41) is 2.78. The second kappa shape index (κ2) is 9.12. The highest BCUT2D eigenvalue weighted by Gasteiger charge is 2.33. The summed E-state index contributed by atoms with van der Waals surface area (Å²) in [5.41, 5.74) is 3.36. The topological polar surface area (TPSA) is 58.6 Å². The van der Waals surface area contributed by atoms with Gasteiger partial charge >= 0.3 is 0 Å². The summed E-state index contributed by atoms with van der Waals surface area (Å²) < 4.78 is 5.91. The van der Waals surface area contributed by atoms with Crippen LogP contribution in [0.4, 0.5) is 0 Å². The van der Waals surface area contributed by atoms with Crippen molar-refractivity contribution < 1.29 is 14.3 Å². The maximum Gasteiger partial charge on any atom is 0.260 e. The number of rotatable bonds is 6. The number of nitrogens with one attached hydrogen (secondary N) is 1. The largest absolute Gasteiger partial charge is 0.481 e. The van der Waals surface area contributed by atoms with Crippen molar-refractivity contribution in [2.45, 2.75) is 46.3 Å². The summed E-state index contributed by atoms with van der Waals surface area (Å²) >= 11 is 0. The molecule has 2 aromatic rings. The number of nitrogens with zero attached hydrogens (tertiary/aromatic N) is 1. The van der Waals surface area contributed by atoms with E-state index in [9.17, 15) is 9.59 Å². The van der Waals surface area contributed by atoms with Crippen LogP contribution in [0.1, 0.15) is 50.4 Å². The summed E-state index contributed by atoms with van der Waals surface area (Å²) in [6.07, 6.45) is 0.226. The van der Waals surface area contributed by atoms with E-state index < -0.39 is 6.10 Å². The third-order valence-electron chi connectivity index (χ3n) is 5.27. The summed E-state index contributed by atoms with van der Waals surface area (Å²) in [6, 6.07) is 15.9. The minimum atomic E-state index is -0.583. The molecule has 154 valence electrons. The lowest BCUT2D eigenvalue weighted by molar-refractivity contribution is -0.136. The van der Waals surface area contributed by atoms with E-state index in [1.165, 1.54) is 5.56 Å². The Balaban J connectivity index is 1.98. The average Bonchev–Trinajstić information content (AvgIpc) is 2.73. The molecule has 0 fully saturated rings. The lowest BCUT2D eigenvalue weighted by Crippen LogP contribution is -2.42. The summed E-state index contributed by atoms with van der Waals surface area (Å²) in [6.45, 7) is 8.76. The monoisotopic (exact) mass is 394 g/mol. The Morgan fingerprint density at radius 3 is 2.52 bits per heavy atom. The number of carbonyl (C=O) groups excluding carboxylic acids is 2. The normalized spacial score (nSPS) is 16.9. The molecule has 5 nitrogen and oxygen atoms in total. The van der Waals surface area contributed by atoms with Crippen molar-refractivity contribution >= 4 is 11.8 Å². The molecule has 0 aliphatic carbocycles. The minimum Gasteiger partial charge on any atom is -0.481 e. The van der Waals surface area contributed by atoms with E-state index in [0.717, 1.165) is 17.5 Å². The van der Waals surface area contributed by atoms with Crippen molar-refractivity contribution in [1.29, 1.82) is 0 Å². The van der Waals surface area contributed by atoms with E-state index in [1.54, 1.807) is 6.92 Å². The fourth-order valence-electron chi connectivity index (χ4n) is 3.81. The van der Waals surface area contributed by atoms with Crippen LogP contribution in [-0.4, -0.2) is 35.9 Å². The fraction of sp³-hybridized carbons (Fsp3) is 0.417. The van der Waals surface area contributed by atoms with E-state index in [0.29, 0.717) is 18.8 Å². The molecule has 3 rings (SSSR count). The van der Waals surface area contributed by atoms with Crippen LogP contribution in [0.2, 0.25) is 0 Å². The molecule has 0 saturated carbocycles. The Morgan fingerprint density at radius 1 is 1.14 bits per heavy atom. The molecule has 2 amide bonds. The van der Waals surface area contributed by atoms with Crippen molar-refractivity contribution in [3.63, 3.8) is 0 Å². The molecule has 5 heteroatoms. The van der Waals surface area contributed by atoms with E-state index in [-0.39, 0.29) is 23.8 Å². The molecular weight excluding hydrogens is 364 g/mol. The number of carbonyl (C=O) groups is 2. The lowest BCUT2D eigenvalue weighted by atomic mass is 9.87. The van der Waals surface area contributed by atoms with Gasteiger partial charge in [0, 0.05) is 19.0 Å². The second-order valence-corrected chi connectivity index (χ2v) is 7.76. The Bertz CT molecular complexity index is 864. The number of ether oxygens (including phenoxy) is 1. The molecule has 0 saturated heterocycles. The predicted octanol–water partition coefficient (Wildman–Crippen LogP) is 3.72. The molecule has 29 heavy (non-hydrogen) atoms. The standard InChI is InChI=1S/C24H30N2O3/c1-5-25-23(27)17(4)29-20-12-11-18-13-14-26(24(28)16(2)3)22(21(18)15-20)19-9-7-6-8-10-19/h6-12,15-17,22H,5,13-14H2,1-4H3,(H,25,27). The van der Waals surface area contributed by atoms with E-state index in [2.05, 4.69) is 23.5 Å². The van der Waals surface area contributed by atoms with E-state index >= 15 is 0 Å². The maximum absolute atomic E-state index is 13.0. The number of likely N-dealkylation sites (N-methyl/N-ethyl adjacent to an activating group) is 1. The van der Waals surface area contributed by atoms with Crippen LogP contribution < -0.4 is 10.1 Å². The van der Waals surface area contributed by atoms with Crippen molar-refractivity contribution in [3.8, 4) is 5.75 Å². The highest BCUT2D eigenvalue weighted by atomic mass is 16.5. The second-order valence-electron chi connectivity index (χ2n) is 7.76. The predicted molar refractivity (Wildman–Crippen MR) is 114 cm³/mol. The zero-order valence-corrected chi connectivity index (χ0v) is 17.6. The summed E-state index contributed by atoms with van der Waals surface area (Å²) in [5.74, 6) is 0.579. The zero-order chi connectivity index (χ0) is 21.0. The molecule has 0 radical (unpaired) electrons. The first kappa shape index (κ1) is 20.9. The molecule has 2 unspecified atom stereocenters. The van der Waals surface area contributed by atoms with E-state index in [1.807, 2.05) is 56.0 Å². The first-order valence-electron chi connectivity index (χ1n) is 10.3. The molecule has 1 aliphatic rings. The van der Waals surface area contributed by atoms with Crippen LogP contribution in [0.25, 0.3) is 0 Å². The number of fused-ring (bicyclic) bond motifs is 1. The van der Waals surface area contributed by atoms with Crippen LogP contribution in [-0.2, 0) is 16.0 Å². The van der Waals surface area contributed by atoms with Crippen LogP contribution in [0, 0.1) is 5.92 Å². The number of amides is 2. The first-order valence-corrected chi connectivity index (χ1v) is 10.3. The number of hydrogen-bond donors (Lipinski definition) is 1. The van der Waals surface area contributed by atoms with Crippen molar-refractivity contribution in [2.24, 2.45) is 5.92 Å². The van der Waals surface area contributed by atoms with Gasteiger partial charge in [-0.1, -0.05) is 50.2 Å². The quantitative estimate of drug-likeness (QED) is 0.812. The maximum atomic E-state index is 13.0. The molecule has 0 aromatic heterocycles. The van der Waals surface area contributed by atoms with Gasteiger partial charge in [-0.2, -0.15) is 0 Å². The molecule has 2 aromatic carbocycles. The summed E-state index contributed by atoms with van der Waals surface area (Å²) in [4.78, 5) is 27.0. The molecule has 0 spiro atoms. The van der Waals surface area contributed by atoms with Crippen LogP contribution >= 0.6 is 0 Å². The lowest BCUT2D eigenvalue weighted by Gasteiger charge is -2.39. The molecule has 1 heterocycles. The van der Waals surface area contributed by atoms with Gasteiger partial charge in [0.05, 0.1) is 6.04 Å². The third kappa shape index (κ3) is 4.61. The SMILES string of the molecule is CCNC(=O)C(C)Oc1ccc2c(c1)C(c1ccccc1)N(C(=O)C(C)C)CC2. The fourth-order valence-corrected chi connectivity index (χ4v) is 3.81. The van der Waals surface area contributed by atoms with Crippen molar-refractivity contribution in [1.82, 2.24) is 10.2 Å². The van der Waals surface area contributed by atoms with Gasteiger partial charge in [-0.05, 0) is 49.1 Å². The highest BCUT2D eigenvalue weighted by Crippen LogP contribution is 2.38. The molecule has 2 atom stereocenters. The van der Waals surface area contributed by atoms with Crippen LogP contribution in [0.5, 0.6) is 5.75 Å². The van der Waals surface area contributed by atoms with Gasteiger partial charge < -0.3 is 15.0 Å². The van der Waals surface area contributed by atoms with Gasteiger partial charge in [0.15, 0.2) is 6.10 Å². The Labute approximate surface area is 173 Å². The van der Waals surface area contributed by atoms with E-state index in [4.69, 9.17) is 4.74 Å². The van der Waals surface area contributed by atoms with Gasteiger partial charge in [-0.25, -0.2) is 0 Å². The van der Waals surface area contributed by atoms with Gasteiger partial charge in [-0.3, -0.25) is 9.59 Å². The summed E-state index contributed by atoms with van der Waals surface area (Å²) in [7, 11) is 0. The van der Waals surface area contributed by atoms with Gasteiger partial charge in [-0.15, -0.1) is 0 Å². The van der Waals surface area contributed by atoms with Gasteiger partial charge in [0.1, 0.15) is 5.75 Å². The van der Waals surface area contributed by atoms with Crippen molar-refractivity contribution in [3.05, 3.63) is 65.2 Å². The minimum absolute atomic E-state index is 0.0695. The Hall–Kier alpha value is -2.82. The van der Waals surface area contributed by atoms with Gasteiger partial charge in [0.2, 0.25) is 5.91 Å². The number of hydrogen-bond acceptors (Lipinski definition) is 3. The molecule has 1 aliphatic heterocycles. The zero-order valence-electron chi connectivity index (χ0n) is 17.6.